The van der Waals surface area contributed by atoms with Crippen LogP contribution in [0.3, 0.4) is 0 Å². The number of piperidine rings is 1. The number of amides is 2. The van der Waals surface area contributed by atoms with Crippen LogP contribution in [0, 0.1) is 5.92 Å². The lowest BCUT2D eigenvalue weighted by Gasteiger charge is -2.33. The number of morpholine rings is 1. The quantitative estimate of drug-likeness (QED) is 0.588. The number of phenols is 1. The van der Waals surface area contributed by atoms with Crippen molar-refractivity contribution < 1.29 is 19.4 Å². The SMILES string of the molecule is O=C(Nc1ccccc1)[C@@H]1CCCN(Cc2c(O)c(C(=O)N3CCOCC3)cc3ccccc23)C1. The van der Waals surface area contributed by atoms with Crippen molar-refractivity contribution in [3.8, 4) is 5.75 Å². The van der Waals surface area contributed by atoms with Gasteiger partial charge in [-0.3, -0.25) is 14.5 Å². The number of para-hydroxylation sites is 1. The van der Waals surface area contributed by atoms with Crippen LogP contribution in [0.5, 0.6) is 5.75 Å². The summed E-state index contributed by atoms with van der Waals surface area (Å²) in [5.41, 5.74) is 1.87. The highest BCUT2D eigenvalue weighted by molar-refractivity contribution is 6.03. The maximum Gasteiger partial charge on any atom is 0.257 e. The molecule has 0 bridgehead atoms. The van der Waals surface area contributed by atoms with Crippen molar-refractivity contribution in [2.24, 2.45) is 5.92 Å². The number of fused-ring (bicyclic) bond motifs is 1. The average molecular weight is 474 g/mol. The predicted molar refractivity (Wildman–Crippen MR) is 135 cm³/mol. The first-order valence-electron chi connectivity index (χ1n) is 12.3. The number of nitrogens with one attached hydrogen (secondary N) is 1. The molecule has 0 unspecified atom stereocenters. The third-order valence-corrected chi connectivity index (χ3v) is 6.95. The molecule has 0 spiro atoms. The molecule has 2 fully saturated rings. The van der Waals surface area contributed by atoms with Crippen molar-refractivity contribution in [2.45, 2.75) is 19.4 Å². The maximum atomic E-state index is 13.3. The molecule has 182 valence electrons. The lowest BCUT2D eigenvalue weighted by molar-refractivity contribution is -0.121. The number of anilines is 1. The second-order valence-corrected chi connectivity index (χ2v) is 9.31. The van der Waals surface area contributed by atoms with Crippen molar-refractivity contribution in [3.05, 3.63) is 71.8 Å². The molecular weight excluding hydrogens is 442 g/mol. The molecular formula is C28H31N3O4. The minimum atomic E-state index is -0.170. The van der Waals surface area contributed by atoms with Crippen LogP contribution in [0.15, 0.2) is 60.7 Å². The number of nitrogens with zero attached hydrogens (tertiary/aromatic N) is 2. The summed E-state index contributed by atoms with van der Waals surface area (Å²) in [7, 11) is 0. The second kappa shape index (κ2) is 10.5. The number of rotatable bonds is 5. The van der Waals surface area contributed by atoms with Crippen LogP contribution in [-0.4, -0.2) is 66.1 Å². The van der Waals surface area contributed by atoms with E-state index in [1.807, 2.05) is 54.6 Å². The van der Waals surface area contributed by atoms with Crippen LogP contribution in [-0.2, 0) is 16.1 Å². The summed E-state index contributed by atoms with van der Waals surface area (Å²) >= 11 is 0. The third-order valence-electron chi connectivity index (χ3n) is 6.95. The standard InChI is InChI=1S/C28H31N3O4/c32-26-24(28(34)31-13-15-35-16-14-31)17-20-7-4-5-11-23(20)25(26)19-30-12-6-8-21(18-30)27(33)29-22-9-2-1-3-10-22/h1-5,7,9-11,17,21,32H,6,8,12-16,18-19H2,(H,29,33)/t21-/m1/s1. The van der Waals surface area contributed by atoms with Crippen LogP contribution in [0.25, 0.3) is 10.8 Å². The van der Waals surface area contributed by atoms with E-state index in [0.717, 1.165) is 41.4 Å². The molecule has 2 saturated heterocycles. The zero-order valence-corrected chi connectivity index (χ0v) is 19.8. The van der Waals surface area contributed by atoms with E-state index in [-0.39, 0.29) is 23.5 Å². The van der Waals surface area contributed by atoms with Crippen molar-refractivity contribution >= 4 is 28.3 Å². The summed E-state index contributed by atoms with van der Waals surface area (Å²) < 4.78 is 5.38. The van der Waals surface area contributed by atoms with E-state index in [0.29, 0.717) is 45.0 Å². The van der Waals surface area contributed by atoms with Gasteiger partial charge in [0.05, 0.1) is 24.7 Å². The summed E-state index contributed by atoms with van der Waals surface area (Å²) in [5, 5.41) is 16.2. The Hall–Kier alpha value is -3.42. The van der Waals surface area contributed by atoms with Crippen LogP contribution in [0.2, 0.25) is 0 Å². The van der Waals surface area contributed by atoms with Gasteiger partial charge in [-0.2, -0.15) is 0 Å². The first-order chi connectivity index (χ1) is 17.1. The molecule has 1 atom stereocenters. The number of likely N-dealkylation sites (tertiary alicyclic amines) is 1. The van der Waals surface area contributed by atoms with E-state index in [2.05, 4.69) is 10.2 Å². The molecule has 35 heavy (non-hydrogen) atoms. The largest absolute Gasteiger partial charge is 0.507 e. The number of ether oxygens (including phenoxy) is 1. The summed E-state index contributed by atoms with van der Waals surface area (Å²) in [6, 6.07) is 19.1. The van der Waals surface area contributed by atoms with Gasteiger partial charge in [0, 0.05) is 37.4 Å². The molecule has 2 amide bonds. The van der Waals surface area contributed by atoms with Crippen LogP contribution in [0.4, 0.5) is 5.69 Å². The highest BCUT2D eigenvalue weighted by Gasteiger charge is 2.29. The third kappa shape index (κ3) is 5.16. The first-order valence-corrected chi connectivity index (χ1v) is 12.3. The molecule has 0 radical (unpaired) electrons. The van der Waals surface area contributed by atoms with Gasteiger partial charge in [-0.1, -0.05) is 42.5 Å². The van der Waals surface area contributed by atoms with Gasteiger partial charge in [0.2, 0.25) is 5.91 Å². The molecule has 5 rings (SSSR count). The monoisotopic (exact) mass is 473 g/mol. The average Bonchev–Trinajstić information content (AvgIpc) is 2.91. The van der Waals surface area contributed by atoms with E-state index >= 15 is 0 Å². The summed E-state index contributed by atoms with van der Waals surface area (Å²) in [6.07, 6.45) is 1.73. The van der Waals surface area contributed by atoms with E-state index < -0.39 is 0 Å². The zero-order valence-electron chi connectivity index (χ0n) is 19.8. The zero-order chi connectivity index (χ0) is 24.2. The van der Waals surface area contributed by atoms with E-state index in [1.165, 1.54) is 0 Å². The molecule has 0 aliphatic carbocycles. The Kier molecular flexibility index (Phi) is 6.97. The van der Waals surface area contributed by atoms with Gasteiger partial charge in [0.25, 0.3) is 5.91 Å². The van der Waals surface area contributed by atoms with Gasteiger partial charge in [-0.05, 0) is 48.4 Å². The Morgan fingerprint density at radius 3 is 2.54 bits per heavy atom. The summed E-state index contributed by atoms with van der Waals surface area (Å²) in [4.78, 5) is 30.1. The predicted octanol–water partition coefficient (Wildman–Crippen LogP) is 3.87. The van der Waals surface area contributed by atoms with Crippen LogP contribution in [0.1, 0.15) is 28.8 Å². The highest BCUT2D eigenvalue weighted by atomic mass is 16.5. The molecule has 7 nitrogen and oxygen atoms in total. The minimum Gasteiger partial charge on any atom is -0.507 e. The van der Waals surface area contributed by atoms with Gasteiger partial charge in [-0.15, -0.1) is 0 Å². The van der Waals surface area contributed by atoms with Crippen LogP contribution >= 0.6 is 0 Å². The lowest BCUT2D eigenvalue weighted by Crippen LogP contribution is -2.41. The number of aromatic hydroxyl groups is 1. The number of hydrogen-bond donors (Lipinski definition) is 2. The number of carbonyl (C=O) groups excluding carboxylic acids is 2. The fraction of sp³-hybridized carbons (Fsp3) is 0.357. The maximum absolute atomic E-state index is 13.3. The van der Waals surface area contributed by atoms with Gasteiger partial charge in [0.1, 0.15) is 5.75 Å². The van der Waals surface area contributed by atoms with Gasteiger partial charge >= 0.3 is 0 Å². The highest BCUT2D eigenvalue weighted by Crippen LogP contribution is 2.34. The number of carbonyl (C=O) groups is 2. The Bertz CT molecular complexity index is 1210. The van der Waals surface area contributed by atoms with E-state index in [1.54, 1.807) is 11.0 Å². The molecule has 0 aromatic heterocycles. The van der Waals surface area contributed by atoms with Gasteiger partial charge in [-0.25, -0.2) is 0 Å². The molecule has 0 saturated carbocycles. The summed E-state index contributed by atoms with van der Waals surface area (Å²) in [6.45, 7) is 3.97. The first kappa shape index (κ1) is 23.3. The fourth-order valence-corrected chi connectivity index (χ4v) is 5.07. The molecule has 2 heterocycles. The molecule has 2 aliphatic rings. The molecule has 7 heteroatoms. The summed E-state index contributed by atoms with van der Waals surface area (Å²) in [5.74, 6) is -0.241. The topological polar surface area (TPSA) is 82.1 Å². The van der Waals surface area contributed by atoms with Gasteiger partial charge in [0.15, 0.2) is 0 Å². The number of phenolic OH excluding ortho intramolecular Hbond substituents is 1. The second-order valence-electron chi connectivity index (χ2n) is 9.31. The smallest absolute Gasteiger partial charge is 0.257 e. The van der Waals surface area contributed by atoms with Crippen molar-refractivity contribution in [1.29, 1.82) is 0 Å². The minimum absolute atomic E-state index is 0.0197. The van der Waals surface area contributed by atoms with Gasteiger partial charge < -0.3 is 20.1 Å². The van der Waals surface area contributed by atoms with E-state index in [9.17, 15) is 14.7 Å². The number of hydrogen-bond acceptors (Lipinski definition) is 5. The van der Waals surface area contributed by atoms with Crippen molar-refractivity contribution in [2.75, 3.05) is 44.7 Å². The molecule has 3 aromatic carbocycles. The molecule has 2 N–H and O–H groups in total. The normalized spacial score (nSPS) is 19.0. The van der Waals surface area contributed by atoms with Crippen molar-refractivity contribution in [1.82, 2.24) is 9.80 Å². The Labute approximate surface area is 205 Å². The lowest BCUT2D eigenvalue weighted by atomic mass is 9.94. The Balaban J connectivity index is 1.38. The Morgan fingerprint density at radius 1 is 1.00 bits per heavy atom. The van der Waals surface area contributed by atoms with Crippen LogP contribution < -0.4 is 5.32 Å². The molecule has 3 aromatic rings. The van der Waals surface area contributed by atoms with E-state index in [4.69, 9.17) is 4.74 Å². The van der Waals surface area contributed by atoms with Crippen molar-refractivity contribution in [3.63, 3.8) is 0 Å². The fourth-order valence-electron chi connectivity index (χ4n) is 5.07. The Morgan fingerprint density at radius 2 is 1.74 bits per heavy atom. The number of benzene rings is 3. The molecule has 2 aliphatic heterocycles.